The van der Waals surface area contributed by atoms with E-state index >= 15 is 0 Å². The third kappa shape index (κ3) is 2.30. The van der Waals surface area contributed by atoms with Crippen molar-refractivity contribution in [3.8, 4) is 11.5 Å². The summed E-state index contributed by atoms with van der Waals surface area (Å²) in [6.45, 7) is 0.183. The summed E-state index contributed by atoms with van der Waals surface area (Å²) in [4.78, 5) is 17.6. The van der Waals surface area contributed by atoms with Crippen LogP contribution >= 0.6 is 11.3 Å². The van der Waals surface area contributed by atoms with Gasteiger partial charge in [-0.3, -0.25) is 4.79 Å². The molecule has 128 valence electrons. The highest BCUT2D eigenvalue weighted by molar-refractivity contribution is 7.17. The molecular weight excluding hydrogens is 348 g/mol. The number of hydrogen-bond donors (Lipinski definition) is 0. The van der Waals surface area contributed by atoms with Crippen molar-refractivity contribution in [3.63, 3.8) is 0 Å². The molecule has 0 atom stereocenters. The van der Waals surface area contributed by atoms with Gasteiger partial charge in [-0.2, -0.15) is 4.99 Å². The number of amides is 1. The van der Waals surface area contributed by atoms with Crippen LogP contribution in [0.4, 0.5) is 0 Å². The first-order valence-electron chi connectivity index (χ1n) is 8.17. The number of rotatable bonds is 1. The van der Waals surface area contributed by atoms with Crippen molar-refractivity contribution in [1.82, 2.24) is 4.57 Å². The summed E-state index contributed by atoms with van der Waals surface area (Å²) in [5.74, 6) is 0.938. The van der Waals surface area contributed by atoms with E-state index < -0.39 is 0 Å². The predicted molar refractivity (Wildman–Crippen MR) is 101 cm³/mol. The molecule has 4 aromatic rings. The number of benzene rings is 3. The first-order chi connectivity index (χ1) is 12.7. The van der Waals surface area contributed by atoms with Crippen molar-refractivity contribution >= 4 is 38.2 Å². The van der Waals surface area contributed by atoms with Gasteiger partial charge in [-0.15, -0.1) is 0 Å². The van der Waals surface area contributed by atoms with Crippen molar-refractivity contribution in [2.45, 2.75) is 0 Å². The molecule has 0 radical (unpaired) electrons. The van der Waals surface area contributed by atoms with Crippen LogP contribution in [0.2, 0.25) is 0 Å². The minimum atomic E-state index is -0.297. The van der Waals surface area contributed by atoms with Gasteiger partial charge in [-0.1, -0.05) is 41.7 Å². The number of thiazole rings is 1. The van der Waals surface area contributed by atoms with Gasteiger partial charge in [0.1, 0.15) is 0 Å². The van der Waals surface area contributed by atoms with Gasteiger partial charge in [0.2, 0.25) is 6.79 Å². The van der Waals surface area contributed by atoms with Crippen LogP contribution in [-0.4, -0.2) is 17.3 Å². The number of ether oxygens (including phenoxy) is 2. The smallest absolute Gasteiger partial charge is 0.279 e. The molecule has 1 aromatic heterocycles. The van der Waals surface area contributed by atoms with E-state index in [0.29, 0.717) is 21.9 Å². The molecule has 0 aliphatic carbocycles. The number of carbonyl (C=O) groups is 1. The van der Waals surface area contributed by atoms with Gasteiger partial charge < -0.3 is 14.0 Å². The van der Waals surface area contributed by atoms with E-state index in [4.69, 9.17) is 9.47 Å². The summed E-state index contributed by atoms with van der Waals surface area (Å²) in [7, 11) is 1.93. The van der Waals surface area contributed by atoms with Crippen molar-refractivity contribution in [2.75, 3.05) is 6.79 Å². The zero-order valence-electron chi connectivity index (χ0n) is 13.9. The molecule has 6 heteroatoms. The van der Waals surface area contributed by atoms with E-state index in [1.54, 1.807) is 18.2 Å². The fourth-order valence-corrected chi connectivity index (χ4v) is 4.30. The summed E-state index contributed by atoms with van der Waals surface area (Å²) >= 11 is 1.52. The topological polar surface area (TPSA) is 52.8 Å². The maximum Gasteiger partial charge on any atom is 0.279 e. The summed E-state index contributed by atoms with van der Waals surface area (Å²) in [5, 5.41) is 2.35. The number of hydrogen-bond acceptors (Lipinski definition) is 4. The largest absolute Gasteiger partial charge is 0.454 e. The van der Waals surface area contributed by atoms with Crippen molar-refractivity contribution in [3.05, 3.63) is 65.0 Å². The lowest BCUT2D eigenvalue weighted by Gasteiger charge is -2.00. The quantitative estimate of drug-likeness (QED) is 0.517. The Kier molecular flexibility index (Phi) is 3.33. The minimum Gasteiger partial charge on any atom is -0.454 e. The summed E-state index contributed by atoms with van der Waals surface area (Å²) < 4.78 is 13.7. The van der Waals surface area contributed by atoms with Gasteiger partial charge in [-0.25, -0.2) is 0 Å². The number of fused-ring (bicyclic) bond motifs is 4. The molecule has 0 saturated carbocycles. The van der Waals surface area contributed by atoms with Gasteiger partial charge in [0.25, 0.3) is 5.91 Å². The number of aryl methyl sites for hydroxylation is 1. The molecule has 26 heavy (non-hydrogen) atoms. The highest BCUT2D eigenvalue weighted by Gasteiger charge is 2.16. The average Bonchev–Trinajstić information content (AvgIpc) is 3.26. The van der Waals surface area contributed by atoms with E-state index in [2.05, 4.69) is 29.3 Å². The molecule has 0 N–H and O–H groups in total. The second-order valence-corrected chi connectivity index (χ2v) is 7.04. The molecule has 1 aliphatic rings. The van der Waals surface area contributed by atoms with Gasteiger partial charge in [0, 0.05) is 18.0 Å². The molecule has 1 amide bonds. The molecule has 0 spiro atoms. The van der Waals surface area contributed by atoms with Gasteiger partial charge >= 0.3 is 0 Å². The molecule has 2 heterocycles. The Hall–Kier alpha value is -3.12. The van der Waals surface area contributed by atoms with Crippen molar-refractivity contribution < 1.29 is 14.3 Å². The average molecular weight is 362 g/mol. The van der Waals surface area contributed by atoms with Crippen LogP contribution in [0.3, 0.4) is 0 Å². The molecule has 0 saturated heterocycles. The predicted octanol–water partition coefficient (Wildman–Crippen LogP) is 3.86. The van der Waals surface area contributed by atoms with Crippen LogP contribution in [0.1, 0.15) is 10.4 Å². The molecule has 5 nitrogen and oxygen atoms in total. The standard InChI is InChI=1S/C20H14N2O3S/c1-22-15-8-6-12-4-2-3-5-14(12)18(15)26-20(22)21-19(23)13-7-9-16-17(10-13)25-11-24-16/h2-10H,11H2,1H3. The van der Waals surface area contributed by atoms with E-state index in [-0.39, 0.29) is 12.7 Å². The van der Waals surface area contributed by atoms with Crippen LogP contribution in [-0.2, 0) is 7.05 Å². The Morgan fingerprint density at radius 2 is 1.92 bits per heavy atom. The molecule has 1 aliphatic heterocycles. The Bertz CT molecular complexity index is 1250. The fraction of sp³-hybridized carbons (Fsp3) is 0.100. The first-order valence-corrected chi connectivity index (χ1v) is 8.98. The minimum absolute atomic E-state index is 0.183. The zero-order chi connectivity index (χ0) is 17.7. The number of carbonyl (C=O) groups excluding carboxylic acids is 1. The third-order valence-corrected chi connectivity index (χ3v) is 5.70. The van der Waals surface area contributed by atoms with Crippen molar-refractivity contribution in [2.24, 2.45) is 12.0 Å². The maximum absolute atomic E-state index is 12.6. The van der Waals surface area contributed by atoms with Crippen LogP contribution in [0.15, 0.2) is 59.6 Å². The molecule has 5 rings (SSSR count). The van der Waals surface area contributed by atoms with Crippen LogP contribution in [0.5, 0.6) is 11.5 Å². The molecule has 0 bridgehead atoms. The number of nitrogens with zero attached hydrogens (tertiary/aromatic N) is 2. The highest BCUT2D eigenvalue weighted by atomic mass is 32.1. The van der Waals surface area contributed by atoms with Crippen LogP contribution in [0, 0.1) is 0 Å². The van der Waals surface area contributed by atoms with Crippen molar-refractivity contribution in [1.29, 1.82) is 0 Å². The lowest BCUT2D eigenvalue weighted by Crippen LogP contribution is -2.13. The van der Waals surface area contributed by atoms with E-state index in [0.717, 1.165) is 10.2 Å². The van der Waals surface area contributed by atoms with Gasteiger partial charge in [0.05, 0.1) is 10.2 Å². The fourth-order valence-electron chi connectivity index (χ4n) is 3.14. The monoisotopic (exact) mass is 362 g/mol. The van der Waals surface area contributed by atoms with E-state index in [1.807, 2.05) is 23.7 Å². The van der Waals surface area contributed by atoms with E-state index in [9.17, 15) is 4.79 Å². The second kappa shape index (κ2) is 5.71. The Morgan fingerprint density at radius 1 is 1.08 bits per heavy atom. The summed E-state index contributed by atoms with van der Waals surface area (Å²) in [6, 6.07) is 17.5. The Balaban J connectivity index is 1.65. The Morgan fingerprint density at radius 3 is 2.85 bits per heavy atom. The molecule has 0 fully saturated rings. The molecule has 3 aromatic carbocycles. The first kappa shape index (κ1) is 15.2. The Labute approximate surface area is 152 Å². The molecular formula is C20H14N2O3S. The highest BCUT2D eigenvalue weighted by Crippen LogP contribution is 2.32. The third-order valence-electron chi connectivity index (χ3n) is 4.52. The zero-order valence-corrected chi connectivity index (χ0v) is 14.7. The van der Waals surface area contributed by atoms with Gasteiger partial charge in [-0.05, 0) is 29.7 Å². The lowest BCUT2D eigenvalue weighted by atomic mass is 10.1. The summed E-state index contributed by atoms with van der Waals surface area (Å²) in [5.41, 5.74) is 1.54. The SMILES string of the molecule is Cn1c(=NC(=O)c2ccc3c(c2)OCO3)sc2c3ccccc3ccc21. The number of aromatic nitrogens is 1. The van der Waals surface area contributed by atoms with Crippen LogP contribution in [0.25, 0.3) is 21.0 Å². The maximum atomic E-state index is 12.6. The van der Waals surface area contributed by atoms with Gasteiger partial charge in [0.15, 0.2) is 16.3 Å². The van der Waals surface area contributed by atoms with E-state index in [1.165, 1.54) is 22.1 Å². The second-order valence-electron chi connectivity index (χ2n) is 6.06. The molecule has 0 unspecified atom stereocenters. The lowest BCUT2D eigenvalue weighted by molar-refractivity contribution is 0.0997. The summed E-state index contributed by atoms with van der Waals surface area (Å²) in [6.07, 6.45) is 0. The van der Waals surface area contributed by atoms with Crippen LogP contribution < -0.4 is 14.3 Å². The normalized spacial score (nSPS) is 13.7.